The maximum atomic E-state index is 12.8. The second-order valence-corrected chi connectivity index (χ2v) is 7.82. The predicted molar refractivity (Wildman–Crippen MR) is 117 cm³/mol. The summed E-state index contributed by atoms with van der Waals surface area (Å²) in [6.07, 6.45) is 1.59. The van der Waals surface area contributed by atoms with Gasteiger partial charge in [-0.2, -0.15) is 0 Å². The van der Waals surface area contributed by atoms with Crippen LogP contribution in [0.25, 0.3) is 0 Å². The Kier molecular flexibility index (Phi) is 5.54. The van der Waals surface area contributed by atoms with Crippen molar-refractivity contribution >= 4 is 68.8 Å². The molecular formula is C20H12Cl2N4O3S. The molecule has 0 spiro atoms. The number of nitrogens with one attached hydrogen (secondary N) is 2. The third kappa shape index (κ3) is 3.93. The molecule has 1 aliphatic heterocycles. The largest absolute Gasteiger partial charge is 0.350 e. The van der Waals surface area contributed by atoms with E-state index in [1.54, 1.807) is 54.0 Å². The van der Waals surface area contributed by atoms with E-state index in [4.69, 9.17) is 23.2 Å². The molecule has 1 aromatic heterocycles. The molecule has 3 amide bonds. The van der Waals surface area contributed by atoms with Crippen molar-refractivity contribution in [3.63, 3.8) is 0 Å². The van der Waals surface area contributed by atoms with Crippen LogP contribution in [0.5, 0.6) is 0 Å². The predicted octanol–water partition coefficient (Wildman–Crippen LogP) is 4.48. The quantitative estimate of drug-likeness (QED) is 0.549. The number of thiazole rings is 1. The Morgan fingerprint density at radius 2 is 1.80 bits per heavy atom. The normalized spacial score (nSPS) is 13.7. The molecule has 0 saturated heterocycles. The number of imide groups is 1. The van der Waals surface area contributed by atoms with Gasteiger partial charge in [0.05, 0.1) is 5.69 Å². The molecule has 2 N–H and O–H groups in total. The Hall–Kier alpha value is -3.20. The topological polar surface area (TPSA) is 91.4 Å². The third-order valence-corrected chi connectivity index (χ3v) is 5.44. The Morgan fingerprint density at radius 3 is 2.47 bits per heavy atom. The lowest BCUT2D eigenvalue weighted by Gasteiger charge is -2.15. The van der Waals surface area contributed by atoms with Gasteiger partial charge in [-0.3, -0.25) is 19.7 Å². The molecule has 2 heterocycles. The van der Waals surface area contributed by atoms with Gasteiger partial charge in [-0.05, 0) is 42.5 Å². The number of hydrogen-bond acceptors (Lipinski definition) is 6. The molecule has 0 fully saturated rings. The zero-order chi connectivity index (χ0) is 21.3. The molecule has 1 aliphatic rings. The first-order valence-corrected chi connectivity index (χ1v) is 10.2. The van der Waals surface area contributed by atoms with Gasteiger partial charge in [0.2, 0.25) is 0 Å². The molecular weight excluding hydrogens is 447 g/mol. The van der Waals surface area contributed by atoms with E-state index in [0.29, 0.717) is 27.1 Å². The highest BCUT2D eigenvalue weighted by Gasteiger charge is 2.39. The Bertz CT molecular complexity index is 1180. The first-order chi connectivity index (χ1) is 14.4. The fourth-order valence-corrected chi connectivity index (χ4v) is 3.69. The lowest BCUT2D eigenvalue weighted by Crippen LogP contribution is -2.32. The summed E-state index contributed by atoms with van der Waals surface area (Å²) in [4.78, 5) is 42.5. The van der Waals surface area contributed by atoms with E-state index < -0.39 is 11.8 Å². The van der Waals surface area contributed by atoms with Crippen LogP contribution in [0.1, 0.15) is 10.4 Å². The number of carbonyl (C=O) groups is 3. The summed E-state index contributed by atoms with van der Waals surface area (Å²) >= 11 is 13.4. The van der Waals surface area contributed by atoms with Crippen molar-refractivity contribution in [1.29, 1.82) is 0 Å². The number of aromatic nitrogens is 1. The Labute approximate surface area is 184 Å². The molecule has 150 valence electrons. The van der Waals surface area contributed by atoms with Crippen molar-refractivity contribution < 1.29 is 14.4 Å². The minimum Gasteiger partial charge on any atom is -0.350 e. The summed E-state index contributed by atoms with van der Waals surface area (Å²) in [6.45, 7) is 0. The zero-order valence-electron chi connectivity index (χ0n) is 15.1. The van der Waals surface area contributed by atoms with Crippen LogP contribution in [0.4, 0.5) is 16.5 Å². The summed E-state index contributed by atoms with van der Waals surface area (Å²) in [7, 11) is 0. The molecule has 0 unspecified atom stereocenters. The van der Waals surface area contributed by atoms with Gasteiger partial charge in [-0.1, -0.05) is 29.3 Å². The Balaban J connectivity index is 1.50. The standard InChI is InChI=1S/C20H12Cl2N4O3S/c21-12-2-1-3-14(10-12)26-18(28)15(22)16(19(26)29)24-13-6-4-11(5-7-13)17(27)25-20-23-8-9-30-20/h1-10,24H,(H,23,25,27). The monoisotopic (exact) mass is 458 g/mol. The highest BCUT2D eigenvalue weighted by molar-refractivity contribution is 7.13. The average Bonchev–Trinajstić information content (AvgIpc) is 3.31. The van der Waals surface area contributed by atoms with E-state index in [9.17, 15) is 14.4 Å². The van der Waals surface area contributed by atoms with Gasteiger partial charge < -0.3 is 5.32 Å². The number of anilines is 3. The first-order valence-electron chi connectivity index (χ1n) is 8.56. The molecule has 0 aliphatic carbocycles. The molecule has 2 aromatic carbocycles. The van der Waals surface area contributed by atoms with Gasteiger partial charge >= 0.3 is 0 Å². The minimum atomic E-state index is -0.647. The van der Waals surface area contributed by atoms with Crippen LogP contribution >= 0.6 is 34.5 Å². The summed E-state index contributed by atoms with van der Waals surface area (Å²) in [6, 6.07) is 12.7. The van der Waals surface area contributed by atoms with Crippen LogP contribution in [0.3, 0.4) is 0 Å². The molecule has 4 rings (SSSR count). The number of nitrogens with zero attached hydrogens (tertiary/aromatic N) is 2. The second kappa shape index (κ2) is 8.27. The Morgan fingerprint density at radius 1 is 1.03 bits per heavy atom. The van der Waals surface area contributed by atoms with Crippen LogP contribution < -0.4 is 15.5 Å². The SMILES string of the molecule is O=C(Nc1nccs1)c1ccc(NC2=C(Cl)C(=O)N(c3cccc(Cl)c3)C2=O)cc1. The maximum absolute atomic E-state index is 12.8. The van der Waals surface area contributed by atoms with E-state index in [-0.39, 0.29) is 16.6 Å². The number of rotatable bonds is 5. The van der Waals surface area contributed by atoms with Gasteiger partial charge in [0.15, 0.2) is 5.13 Å². The van der Waals surface area contributed by atoms with E-state index >= 15 is 0 Å². The molecule has 0 bridgehead atoms. The molecule has 0 saturated carbocycles. The first kappa shape index (κ1) is 20.1. The fraction of sp³-hybridized carbons (Fsp3) is 0. The molecule has 3 aromatic rings. The van der Waals surface area contributed by atoms with Crippen LogP contribution in [-0.2, 0) is 9.59 Å². The molecule has 0 atom stereocenters. The van der Waals surface area contributed by atoms with Gasteiger partial charge in [-0.25, -0.2) is 9.88 Å². The van der Waals surface area contributed by atoms with Crippen LogP contribution in [-0.4, -0.2) is 22.7 Å². The number of amides is 3. The number of hydrogen-bond donors (Lipinski definition) is 2. The van der Waals surface area contributed by atoms with Crippen molar-refractivity contribution in [1.82, 2.24) is 4.98 Å². The van der Waals surface area contributed by atoms with Gasteiger partial charge in [-0.15, -0.1) is 11.3 Å². The van der Waals surface area contributed by atoms with Crippen LogP contribution in [0.15, 0.2) is 70.8 Å². The van der Waals surface area contributed by atoms with Gasteiger partial charge in [0.25, 0.3) is 17.7 Å². The summed E-state index contributed by atoms with van der Waals surface area (Å²) in [5.41, 5.74) is 1.16. The van der Waals surface area contributed by atoms with Crippen molar-refractivity contribution in [3.8, 4) is 0 Å². The molecule has 7 nitrogen and oxygen atoms in total. The van der Waals surface area contributed by atoms with Crippen LogP contribution in [0, 0.1) is 0 Å². The lowest BCUT2D eigenvalue weighted by atomic mass is 10.2. The van der Waals surface area contributed by atoms with Crippen LogP contribution in [0.2, 0.25) is 5.02 Å². The van der Waals surface area contributed by atoms with E-state index in [0.717, 1.165) is 4.90 Å². The summed E-state index contributed by atoms with van der Waals surface area (Å²) in [5.74, 6) is -1.56. The summed E-state index contributed by atoms with van der Waals surface area (Å²) < 4.78 is 0. The third-order valence-electron chi connectivity index (χ3n) is 4.16. The average molecular weight is 459 g/mol. The van der Waals surface area contributed by atoms with Crippen molar-refractivity contribution in [2.45, 2.75) is 0 Å². The van der Waals surface area contributed by atoms with E-state index in [2.05, 4.69) is 15.6 Å². The van der Waals surface area contributed by atoms with Crippen molar-refractivity contribution in [2.75, 3.05) is 15.5 Å². The molecule has 30 heavy (non-hydrogen) atoms. The van der Waals surface area contributed by atoms with Gasteiger partial charge in [0, 0.05) is 27.9 Å². The number of benzene rings is 2. The second-order valence-electron chi connectivity index (χ2n) is 6.11. The van der Waals surface area contributed by atoms with Crippen molar-refractivity contribution in [3.05, 3.63) is 81.4 Å². The van der Waals surface area contributed by atoms with E-state index in [1.807, 2.05) is 0 Å². The summed E-state index contributed by atoms with van der Waals surface area (Å²) in [5, 5.41) is 7.95. The lowest BCUT2D eigenvalue weighted by molar-refractivity contribution is -0.120. The van der Waals surface area contributed by atoms with Crippen molar-refractivity contribution in [2.24, 2.45) is 0 Å². The van der Waals surface area contributed by atoms with E-state index in [1.165, 1.54) is 17.4 Å². The number of carbonyl (C=O) groups excluding carboxylic acids is 3. The fourth-order valence-electron chi connectivity index (χ4n) is 2.76. The minimum absolute atomic E-state index is 0.0540. The maximum Gasteiger partial charge on any atom is 0.283 e. The smallest absolute Gasteiger partial charge is 0.283 e. The highest BCUT2D eigenvalue weighted by atomic mass is 35.5. The molecule has 0 radical (unpaired) electrons. The number of halogens is 2. The zero-order valence-corrected chi connectivity index (χ0v) is 17.4. The molecule has 10 heteroatoms. The highest BCUT2D eigenvalue weighted by Crippen LogP contribution is 2.31. The van der Waals surface area contributed by atoms with Gasteiger partial charge in [0.1, 0.15) is 10.7 Å².